The molecule has 2 nitrogen and oxygen atoms in total. The number of rotatable bonds is 2. The first-order valence-corrected chi connectivity index (χ1v) is 3.16. The van der Waals surface area contributed by atoms with Crippen LogP contribution in [0.2, 0.25) is 0 Å². The number of carbonyl (C=O) groups excluding carboxylic acids is 1. The molecule has 0 radical (unpaired) electrons. The Balaban J connectivity index is 3.10. The molecule has 0 aliphatic rings. The van der Waals surface area contributed by atoms with E-state index in [2.05, 4.69) is 4.98 Å². The molecule has 1 heterocycles. The van der Waals surface area contributed by atoms with Crippen LogP contribution in [0, 0.1) is 0 Å². The van der Waals surface area contributed by atoms with Gasteiger partial charge in [-0.15, -0.1) is 0 Å². The maximum atomic E-state index is 12.0. The highest BCUT2D eigenvalue weighted by Crippen LogP contribution is 2.06. The van der Waals surface area contributed by atoms with E-state index < -0.39 is 12.6 Å². The standard InChI is InChI=1S/C6H4BF3NO/c8-7(9,10)6-3-1-2-5(4-12)11-6/h1-4H/q-1. The molecule has 64 valence electrons. The SMILES string of the molecule is O=Cc1cccc([B-](F)(F)F)n1. The van der Waals surface area contributed by atoms with Gasteiger partial charge in [-0.3, -0.25) is 9.78 Å². The number of halogens is 3. The van der Waals surface area contributed by atoms with Gasteiger partial charge in [-0.25, -0.2) is 0 Å². The van der Waals surface area contributed by atoms with E-state index >= 15 is 0 Å². The van der Waals surface area contributed by atoms with Crippen LogP contribution in [0.15, 0.2) is 18.2 Å². The summed E-state index contributed by atoms with van der Waals surface area (Å²) in [6, 6.07) is 3.21. The first-order chi connectivity index (χ1) is 5.54. The lowest BCUT2D eigenvalue weighted by Crippen LogP contribution is -2.37. The van der Waals surface area contributed by atoms with Gasteiger partial charge < -0.3 is 12.9 Å². The third-order valence-corrected chi connectivity index (χ3v) is 1.25. The van der Waals surface area contributed by atoms with Crippen molar-refractivity contribution < 1.29 is 17.7 Å². The monoisotopic (exact) mass is 174 g/mol. The maximum absolute atomic E-state index is 12.0. The normalized spacial score (nSPS) is 11.2. The first-order valence-electron chi connectivity index (χ1n) is 3.16. The molecular formula is C6H4BF3NO-. The minimum absolute atomic E-state index is 0.202. The number of aromatic nitrogens is 1. The second-order valence-corrected chi connectivity index (χ2v) is 2.18. The Morgan fingerprint density at radius 2 is 2.00 bits per heavy atom. The number of hydrogen-bond donors (Lipinski definition) is 0. The van der Waals surface area contributed by atoms with Crippen LogP contribution < -0.4 is 5.59 Å². The number of pyridine rings is 1. The lowest BCUT2D eigenvalue weighted by molar-refractivity contribution is 0.111. The average molecular weight is 174 g/mol. The quantitative estimate of drug-likeness (QED) is 0.493. The molecule has 1 rings (SSSR count). The lowest BCUT2D eigenvalue weighted by atomic mass is 9.85. The van der Waals surface area contributed by atoms with Crippen molar-refractivity contribution in [2.24, 2.45) is 0 Å². The zero-order valence-electron chi connectivity index (χ0n) is 5.88. The molecule has 1 aromatic rings. The molecule has 0 N–H and O–H groups in total. The van der Waals surface area contributed by atoms with Crippen LogP contribution in [0.4, 0.5) is 12.9 Å². The van der Waals surface area contributed by atoms with Crippen LogP contribution in [0.5, 0.6) is 0 Å². The summed E-state index contributed by atoms with van der Waals surface area (Å²) < 4.78 is 36.0. The van der Waals surface area contributed by atoms with Crippen molar-refractivity contribution >= 4 is 18.9 Å². The molecule has 0 saturated heterocycles. The fourth-order valence-corrected chi connectivity index (χ4v) is 0.717. The van der Waals surface area contributed by atoms with Gasteiger partial charge in [-0.05, 0) is 11.7 Å². The van der Waals surface area contributed by atoms with Crippen LogP contribution >= 0.6 is 0 Å². The molecule has 0 bridgehead atoms. The molecule has 12 heavy (non-hydrogen) atoms. The summed E-state index contributed by atoms with van der Waals surface area (Å²) in [5, 5.41) is 0. The summed E-state index contributed by atoms with van der Waals surface area (Å²) in [5.41, 5.74) is -1.19. The molecule has 1 aromatic heterocycles. The highest BCUT2D eigenvalue weighted by molar-refractivity contribution is 6.72. The molecule has 0 amide bonds. The summed E-state index contributed by atoms with van der Waals surface area (Å²) in [7, 11) is 0. The van der Waals surface area contributed by atoms with E-state index in [0.29, 0.717) is 0 Å². The second-order valence-electron chi connectivity index (χ2n) is 2.18. The van der Waals surface area contributed by atoms with Crippen molar-refractivity contribution in [3.8, 4) is 0 Å². The van der Waals surface area contributed by atoms with E-state index in [1.807, 2.05) is 0 Å². The number of carbonyl (C=O) groups is 1. The smallest absolute Gasteiger partial charge is 0.444 e. The molecular weight excluding hydrogens is 170 g/mol. The summed E-state index contributed by atoms with van der Waals surface area (Å²) in [4.78, 5) is 13.2. The fourth-order valence-electron chi connectivity index (χ4n) is 0.717. The third kappa shape index (κ3) is 1.84. The predicted molar refractivity (Wildman–Crippen MR) is 38.3 cm³/mol. The maximum Gasteiger partial charge on any atom is 0.527 e. The molecule has 6 heteroatoms. The van der Waals surface area contributed by atoms with Gasteiger partial charge >= 0.3 is 6.98 Å². The molecule has 0 aromatic carbocycles. The molecule has 0 saturated carbocycles. The first kappa shape index (κ1) is 8.77. The van der Waals surface area contributed by atoms with Crippen molar-refractivity contribution in [3.05, 3.63) is 23.9 Å². The summed E-state index contributed by atoms with van der Waals surface area (Å²) >= 11 is 0. The Morgan fingerprint density at radius 3 is 2.50 bits per heavy atom. The summed E-state index contributed by atoms with van der Waals surface area (Å²) in [6.45, 7) is -5.10. The minimum atomic E-state index is -5.10. The highest BCUT2D eigenvalue weighted by atomic mass is 19.4. The molecule has 0 aliphatic heterocycles. The minimum Gasteiger partial charge on any atom is -0.444 e. The molecule has 0 unspecified atom stereocenters. The van der Waals surface area contributed by atoms with Gasteiger partial charge in [0.2, 0.25) is 0 Å². The topological polar surface area (TPSA) is 30.0 Å². The van der Waals surface area contributed by atoms with Crippen LogP contribution in [0.25, 0.3) is 0 Å². The van der Waals surface area contributed by atoms with Gasteiger partial charge in [0.15, 0.2) is 6.29 Å². The fraction of sp³-hybridized carbons (Fsp3) is 0. The van der Waals surface area contributed by atoms with E-state index in [4.69, 9.17) is 0 Å². The van der Waals surface area contributed by atoms with Crippen LogP contribution in [-0.2, 0) is 0 Å². The Kier molecular flexibility index (Phi) is 2.17. The largest absolute Gasteiger partial charge is 0.527 e. The van der Waals surface area contributed by atoms with E-state index in [-0.39, 0.29) is 12.0 Å². The van der Waals surface area contributed by atoms with Gasteiger partial charge in [0.25, 0.3) is 0 Å². The Morgan fingerprint density at radius 1 is 1.33 bits per heavy atom. The summed E-state index contributed by atoms with van der Waals surface area (Å²) in [5.74, 6) is 0. The molecule has 0 fully saturated rings. The second kappa shape index (κ2) is 2.96. The van der Waals surface area contributed by atoms with Crippen molar-refractivity contribution in [1.82, 2.24) is 4.98 Å². The molecule has 0 aliphatic carbocycles. The van der Waals surface area contributed by atoms with Crippen LogP contribution in [-0.4, -0.2) is 18.2 Å². The molecule has 0 atom stereocenters. The molecule has 0 spiro atoms. The third-order valence-electron chi connectivity index (χ3n) is 1.25. The Bertz CT molecular complexity index is 299. The van der Waals surface area contributed by atoms with Crippen LogP contribution in [0.3, 0.4) is 0 Å². The Hall–Kier alpha value is -1.33. The van der Waals surface area contributed by atoms with E-state index in [0.717, 1.165) is 12.1 Å². The van der Waals surface area contributed by atoms with Gasteiger partial charge in [-0.1, -0.05) is 12.1 Å². The number of aldehydes is 1. The van der Waals surface area contributed by atoms with Crippen molar-refractivity contribution in [2.45, 2.75) is 0 Å². The predicted octanol–water partition coefficient (Wildman–Crippen LogP) is 0.948. The zero-order chi connectivity index (χ0) is 9.19. The number of hydrogen-bond acceptors (Lipinski definition) is 2. The van der Waals surface area contributed by atoms with Gasteiger partial charge in [0, 0.05) is 0 Å². The van der Waals surface area contributed by atoms with Crippen LogP contribution in [0.1, 0.15) is 10.5 Å². The highest BCUT2D eigenvalue weighted by Gasteiger charge is 2.27. The average Bonchev–Trinajstić information content (AvgIpc) is 2.03. The van der Waals surface area contributed by atoms with Gasteiger partial charge in [0.05, 0.1) is 5.69 Å². The van der Waals surface area contributed by atoms with Gasteiger partial charge in [0.1, 0.15) is 0 Å². The van der Waals surface area contributed by atoms with E-state index in [1.165, 1.54) is 6.07 Å². The number of nitrogens with zero attached hydrogens (tertiary/aromatic N) is 1. The van der Waals surface area contributed by atoms with Crippen molar-refractivity contribution in [3.63, 3.8) is 0 Å². The van der Waals surface area contributed by atoms with Gasteiger partial charge in [-0.2, -0.15) is 0 Å². The summed E-state index contributed by atoms with van der Waals surface area (Å²) in [6.07, 6.45) is 0.283. The van der Waals surface area contributed by atoms with Crippen molar-refractivity contribution in [2.75, 3.05) is 0 Å². The Labute approximate surface area is 66.5 Å². The van der Waals surface area contributed by atoms with Crippen molar-refractivity contribution in [1.29, 1.82) is 0 Å². The lowest BCUT2D eigenvalue weighted by Gasteiger charge is -2.12. The van der Waals surface area contributed by atoms with E-state index in [9.17, 15) is 17.7 Å². The van der Waals surface area contributed by atoms with E-state index in [1.54, 1.807) is 0 Å². The zero-order valence-corrected chi connectivity index (χ0v) is 5.88.